The first-order valence-electron chi connectivity index (χ1n) is 5.68. The Kier molecular flexibility index (Phi) is 3.80. The Bertz CT molecular complexity index is 290. The van der Waals surface area contributed by atoms with E-state index in [1.54, 1.807) is 0 Å². The second kappa shape index (κ2) is 5.33. The Morgan fingerprint density at radius 1 is 1.53 bits per heavy atom. The third kappa shape index (κ3) is 3.36. The maximum Gasteiger partial charge on any atom is 0.129 e. The number of ether oxygens (including phenoxy) is 1. The summed E-state index contributed by atoms with van der Waals surface area (Å²) in [4.78, 5) is 0. The molecular formula is C12H19NO2. The van der Waals surface area contributed by atoms with Crippen LogP contribution >= 0.6 is 0 Å². The molecule has 1 aromatic rings. The van der Waals surface area contributed by atoms with Crippen molar-refractivity contribution >= 4 is 0 Å². The molecule has 84 valence electrons. The summed E-state index contributed by atoms with van der Waals surface area (Å²) in [5.74, 6) is 2.55. The molecule has 0 aromatic carbocycles. The molecule has 15 heavy (non-hydrogen) atoms. The zero-order valence-electron chi connectivity index (χ0n) is 9.29. The van der Waals surface area contributed by atoms with Crippen LogP contribution in [0.2, 0.25) is 0 Å². The third-order valence-electron chi connectivity index (χ3n) is 2.79. The van der Waals surface area contributed by atoms with E-state index < -0.39 is 0 Å². The zero-order chi connectivity index (χ0) is 10.5. The fourth-order valence-electron chi connectivity index (χ4n) is 1.96. The van der Waals surface area contributed by atoms with Crippen LogP contribution in [0.15, 0.2) is 16.5 Å². The van der Waals surface area contributed by atoms with E-state index in [9.17, 15) is 0 Å². The number of furan rings is 1. The molecule has 3 heteroatoms. The second-order valence-corrected chi connectivity index (χ2v) is 4.24. The van der Waals surface area contributed by atoms with Gasteiger partial charge in [-0.25, -0.2) is 0 Å². The van der Waals surface area contributed by atoms with Gasteiger partial charge in [0.05, 0.1) is 6.61 Å². The van der Waals surface area contributed by atoms with E-state index in [0.29, 0.717) is 12.5 Å². The summed E-state index contributed by atoms with van der Waals surface area (Å²) in [7, 11) is 0. The van der Waals surface area contributed by atoms with Crippen LogP contribution in [0.5, 0.6) is 0 Å². The molecule has 1 fully saturated rings. The molecule has 1 aromatic heterocycles. The SMILES string of the molecule is Cc1ccc(COCC2CCCNC2)o1. The highest BCUT2D eigenvalue weighted by Crippen LogP contribution is 2.12. The van der Waals surface area contributed by atoms with Crippen molar-refractivity contribution in [1.29, 1.82) is 0 Å². The normalized spacial score (nSPS) is 21.8. The van der Waals surface area contributed by atoms with Crippen LogP contribution in [-0.2, 0) is 11.3 Å². The predicted octanol–water partition coefficient (Wildman–Crippen LogP) is 2.10. The van der Waals surface area contributed by atoms with E-state index in [-0.39, 0.29) is 0 Å². The predicted molar refractivity (Wildman–Crippen MR) is 58.7 cm³/mol. The monoisotopic (exact) mass is 209 g/mol. The van der Waals surface area contributed by atoms with E-state index in [1.807, 2.05) is 19.1 Å². The zero-order valence-corrected chi connectivity index (χ0v) is 9.29. The van der Waals surface area contributed by atoms with Crippen molar-refractivity contribution in [2.24, 2.45) is 5.92 Å². The average Bonchev–Trinajstić information content (AvgIpc) is 2.66. The first-order valence-corrected chi connectivity index (χ1v) is 5.68. The van der Waals surface area contributed by atoms with Crippen LogP contribution in [0.4, 0.5) is 0 Å². The van der Waals surface area contributed by atoms with Crippen molar-refractivity contribution in [3.8, 4) is 0 Å². The van der Waals surface area contributed by atoms with Crippen LogP contribution in [0.1, 0.15) is 24.4 Å². The molecule has 2 rings (SSSR count). The van der Waals surface area contributed by atoms with E-state index in [0.717, 1.165) is 31.2 Å². The lowest BCUT2D eigenvalue weighted by Gasteiger charge is -2.22. The van der Waals surface area contributed by atoms with E-state index in [4.69, 9.17) is 9.15 Å². The molecule has 0 radical (unpaired) electrons. The number of piperidine rings is 1. The van der Waals surface area contributed by atoms with Gasteiger partial charge in [-0.3, -0.25) is 0 Å². The first kappa shape index (κ1) is 10.7. The molecule has 0 saturated carbocycles. The molecule has 0 aliphatic carbocycles. The topological polar surface area (TPSA) is 34.4 Å². The van der Waals surface area contributed by atoms with E-state index in [2.05, 4.69) is 5.32 Å². The molecule has 1 aliphatic rings. The summed E-state index contributed by atoms with van der Waals surface area (Å²) in [6.07, 6.45) is 2.55. The molecule has 0 amide bonds. The lowest BCUT2D eigenvalue weighted by molar-refractivity contribution is 0.0673. The fraction of sp³-hybridized carbons (Fsp3) is 0.667. The van der Waals surface area contributed by atoms with Gasteiger partial charge in [0.25, 0.3) is 0 Å². The number of hydrogen-bond acceptors (Lipinski definition) is 3. The van der Waals surface area contributed by atoms with Crippen molar-refractivity contribution in [1.82, 2.24) is 5.32 Å². The maximum absolute atomic E-state index is 5.64. The summed E-state index contributed by atoms with van der Waals surface area (Å²) in [5, 5.41) is 3.38. The summed E-state index contributed by atoms with van der Waals surface area (Å²) in [6.45, 7) is 5.65. The molecule has 0 bridgehead atoms. The van der Waals surface area contributed by atoms with Crippen LogP contribution < -0.4 is 5.32 Å². The quantitative estimate of drug-likeness (QED) is 0.824. The first-order chi connectivity index (χ1) is 7.34. The number of nitrogens with one attached hydrogen (secondary N) is 1. The molecule has 0 spiro atoms. The molecule has 1 saturated heterocycles. The van der Waals surface area contributed by atoms with Crippen LogP contribution in [0, 0.1) is 12.8 Å². The van der Waals surface area contributed by atoms with Crippen molar-refractivity contribution < 1.29 is 9.15 Å². The third-order valence-corrected chi connectivity index (χ3v) is 2.79. The Balaban J connectivity index is 1.65. The Labute approximate surface area is 90.8 Å². The Morgan fingerprint density at radius 2 is 2.47 bits per heavy atom. The van der Waals surface area contributed by atoms with Gasteiger partial charge in [-0.1, -0.05) is 0 Å². The van der Waals surface area contributed by atoms with Crippen LogP contribution in [-0.4, -0.2) is 19.7 Å². The summed E-state index contributed by atoms with van der Waals surface area (Å²) >= 11 is 0. The highest BCUT2D eigenvalue weighted by molar-refractivity contribution is 5.04. The Morgan fingerprint density at radius 3 is 3.13 bits per heavy atom. The minimum absolute atomic E-state index is 0.602. The lowest BCUT2D eigenvalue weighted by Crippen LogP contribution is -2.32. The smallest absolute Gasteiger partial charge is 0.129 e. The minimum Gasteiger partial charge on any atom is -0.464 e. The Hall–Kier alpha value is -0.800. The number of hydrogen-bond donors (Lipinski definition) is 1. The van der Waals surface area contributed by atoms with Crippen LogP contribution in [0.25, 0.3) is 0 Å². The van der Waals surface area contributed by atoms with Gasteiger partial charge >= 0.3 is 0 Å². The summed E-state index contributed by atoms with van der Waals surface area (Å²) in [5.41, 5.74) is 0. The molecule has 1 unspecified atom stereocenters. The highest BCUT2D eigenvalue weighted by atomic mass is 16.5. The fourth-order valence-corrected chi connectivity index (χ4v) is 1.96. The van der Waals surface area contributed by atoms with E-state index in [1.165, 1.54) is 12.8 Å². The van der Waals surface area contributed by atoms with E-state index >= 15 is 0 Å². The van der Waals surface area contributed by atoms with Gasteiger partial charge in [0.1, 0.15) is 18.1 Å². The highest BCUT2D eigenvalue weighted by Gasteiger charge is 2.12. The summed E-state index contributed by atoms with van der Waals surface area (Å²) in [6, 6.07) is 3.95. The molecular weight excluding hydrogens is 190 g/mol. The van der Waals surface area contributed by atoms with Gasteiger partial charge in [0, 0.05) is 6.54 Å². The summed E-state index contributed by atoms with van der Waals surface area (Å²) < 4.78 is 11.1. The molecule has 1 atom stereocenters. The average molecular weight is 209 g/mol. The minimum atomic E-state index is 0.602. The largest absolute Gasteiger partial charge is 0.464 e. The van der Waals surface area contributed by atoms with Crippen molar-refractivity contribution in [3.63, 3.8) is 0 Å². The van der Waals surface area contributed by atoms with Gasteiger partial charge in [-0.05, 0) is 44.4 Å². The van der Waals surface area contributed by atoms with Crippen molar-refractivity contribution in [2.75, 3.05) is 19.7 Å². The van der Waals surface area contributed by atoms with Crippen LogP contribution in [0.3, 0.4) is 0 Å². The van der Waals surface area contributed by atoms with Gasteiger partial charge in [0.15, 0.2) is 0 Å². The lowest BCUT2D eigenvalue weighted by atomic mass is 10.0. The molecule has 1 aliphatic heterocycles. The van der Waals surface area contributed by atoms with Gasteiger partial charge in [-0.2, -0.15) is 0 Å². The van der Waals surface area contributed by atoms with Gasteiger partial charge < -0.3 is 14.5 Å². The molecule has 3 nitrogen and oxygen atoms in total. The maximum atomic E-state index is 5.64. The van der Waals surface area contributed by atoms with Crippen molar-refractivity contribution in [2.45, 2.75) is 26.4 Å². The van der Waals surface area contributed by atoms with Gasteiger partial charge in [-0.15, -0.1) is 0 Å². The molecule has 1 N–H and O–H groups in total. The molecule has 2 heterocycles. The van der Waals surface area contributed by atoms with Gasteiger partial charge in [0.2, 0.25) is 0 Å². The number of rotatable bonds is 4. The van der Waals surface area contributed by atoms with Crippen molar-refractivity contribution in [3.05, 3.63) is 23.7 Å². The second-order valence-electron chi connectivity index (χ2n) is 4.24. The number of aryl methyl sites for hydroxylation is 1. The standard InChI is InChI=1S/C12H19NO2/c1-10-4-5-12(15-10)9-14-8-11-3-2-6-13-7-11/h4-5,11,13H,2-3,6-9H2,1H3.